The number of aryl methyl sites for hydroxylation is 1. The zero-order valence-electron chi connectivity index (χ0n) is 10.6. The van der Waals surface area contributed by atoms with E-state index in [1.54, 1.807) is 0 Å². The van der Waals surface area contributed by atoms with Crippen LogP contribution in [0.1, 0.15) is 24.5 Å². The summed E-state index contributed by atoms with van der Waals surface area (Å²) in [7, 11) is 0. The predicted molar refractivity (Wildman–Crippen MR) is 77.5 cm³/mol. The zero-order chi connectivity index (χ0) is 12.6. The molecule has 0 aliphatic rings. The van der Waals surface area contributed by atoms with Gasteiger partial charge >= 0.3 is 0 Å². The van der Waals surface area contributed by atoms with Gasteiger partial charge in [-0.05, 0) is 29.7 Å². The molecule has 0 aliphatic carbocycles. The topological polar surface area (TPSA) is 9.23 Å². The van der Waals surface area contributed by atoms with Crippen molar-refractivity contribution in [1.82, 2.24) is 0 Å². The van der Waals surface area contributed by atoms with E-state index in [2.05, 4.69) is 43.3 Å². The van der Waals surface area contributed by atoms with Crippen LogP contribution in [0.2, 0.25) is 0 Å². The Labute approximate surface area is 113 Å². The highest BCUT2D eigenvalue weighted by molar-refractivity contribution is 7.94. The largest absolute Gasteiger partial charge is 0.305 e. The van der Waals surface area contributed by atoms with Gasteiger partial charge in [0.15, 0.2) is 0 Å². The first kappa shape index (κ1) is 13.2. The smallest absolute Gasteiger partial charge is 0.0869 e. The van der Waals surface area contributed by atoms with E-state index in [1.165, 1.54) is 29.6 Å². The van der Waals surface area contributed by atoms with Crippen molar-refractivity contribution >= 4 is 12.0 Å². The van der Waals surface area contributed by atoms with Gasteiger partial charge in [0, 0.05) is 16.9 Å². The average molecular weight is 258 g/mol. The monoisotopic (exact) mass is 258 g/mol. The molecule has 2 aromatic rings. The van der Waals surface area contributed by atoms with Crippen molar-refractivity contribution in [3.8, 4) is 0 Å². The van der Waals surface area contributed by atoms with E-state index in [1.807, 2.05) is 18.2 Å². The summed E-state index contributed by atoms with van der Waals surface area (Å²) in [5.74, 6) is 0. The third-order valence-electron chi connectivity index (χ3n) is 2.69. The summed E-state index contributed by atoms with van der Waals surface area (Å²) in [5, 5.41) is 0. The maximum Gasteiger partial charge on any atom is 0.0869 e. The molecule has 0 aromatic heterocycles. The van der Waals surface area contributed by atoms with Crippen LogP contribution in [0.25, 0.3) is 0 Å². The van der Waals surface area contributed by atoms with Gasteiger partial charge in [0.1, 0.15) is 0 Å². The summed E-state index contributed by atoms with van der Waals surface area (Å²) < 4.78 is 5.62. The Morgan fingerprint density at radius 1 is 0.889 bits per heavy atom. The van der Waals surface area contributed by atoms with Gasteiger partial charge in [0.05, 0.1) is 6.61 Å². The molecule has 2 heteroatoms. The van der Waals surface area contributed by atoms with Crippen molar-refractivity contribution in [2.75, 3.05) is 0 Å². The van der Waals surface area contributed by atoms with Crippen molar-refractivity contribution in [3.05, 3.63) is 65.7 Å². The molecular weight excluding hydrogens is 240 g/mol. The third kappa shape index (κ3) is 4.21. The van der Waals surface area contributed by atoms with Gasteiger partial charge in [-0.3, -0.25) is 0 Å². The Morgan fingerprint density at radius 2 is 1.56 bits per heavy atom. The fourth-order valence-electron chi connectivity index (χ4n) is 1.73. The number of hydrogen-bond acceptors (Lipinski definition) is 2. The van der Waals surface area contributed by atoms with Gasteiger partial charge in [-0.1, -0.05) is 55.8 Å². The lowest BCUT2D eigenvalue weighted by molar-refractivity contribution is 0.364. The van der Waals surface area contributed by atoms with Crippen LogP contribution < -0.4 is 0 Å². The third-order valence-corrected chi connectivity index (χ3v) is 3.39. The average Bonchev–Trinajstić information content (AvgIpc) is 2.42. The van der Waals surface area contributed by atoms with E-state index in [-0.39, 0.29) is 0 Å². The molecule has 0 unspecified atom stereocenters. The van der Waals surface area contributed by atoms with Crippen LogP contribution in [0.5, 0.6) is 0 Å². The number of rotatable bonds is 6. The first-order chi connectivity index (χ1) is 8.88. The molecule has 0 heterocycles. The standard InChI is InChI=1S/C16H18OS/c1-2-6-14-9-11-15(12-10-14)13-17-18-16-7-4-3-5-8-16/h3-5,7-12H,2,6,13H2,1H3. The summed E-state index contributed by atoms with van der Waals surface area (Å²) in [6.45, 7) is 2.85. The lowest BCUT2D eigenvalue weighted by atomic mass is 10.1. The molecule has 0 radical (unpaired) electrons. The van der Waals surface area contributed by atoms with Crippen molar-refractivity contribution < 1.29 is 4.18 Å². The van der Waals surface area contributed by atoms with E-state index < -0.39 is 0 Å². The Kier molecular flexibility index (Phi) is 5.31. The molecule has 1 nitrogen and oxygen atoms in total. The normalized spacial score (nSPS) is 10.5. The minimum Gasteiger partial charge on any atom is -0.305 e. The lowest BCUT2D eigenvalue weighted by Crippen LogP contribution is -1.88. The summed E-state index contributed by atoms with van der Waals surface area (Å²) >= 11 is 1.43. The van der Waals surface area contributed by atoms with Gasteiger partial charge in [0.25, 0.3) is 0 Å². The number of benzene rings is 2. The van der Waals surface area contributed by atoms with Crippen molar-refractivity contribution in [1.29, 1.82) is 0 Å². The maximum atomic E-state index is 5.62. The highest BCUT2D eigenvalue weighted by Gasteiger charge is 1.97. The maximum absolute atomic E-state index is 5.62. The van der Waals surface area contributed by atoms with Gasteiger partial charge in [-0.15, -0.1) is 0 Å². The van der Waals surface area contributed by atoms with Gasteiger partial charge < -0.3 is 4.18 Å². The van der Waals surface area contributed by atoms with E-state index in [0.29, 0.717) is 6.61 Å². The van der Waals surface area contributed by atoms with E-state index in [0.717, 1.165) is 11.3 Å². The van der Waals surface area contributed by atoms with E-state index >= 15 is 0 Å². The van der Waals surface area contributed by atoms with Crippen LogP contribution in [0, 0.1) is 0 Å². The van der Waals surface area contributed by atoms with Crippen LogP contribution in [0.4, 0.5) is 0 Å². The zero-order valence-corrected chi connectivity index (χ0v) is 11.5. The minimum atomic E-state index is 0.645. The fraction of sp³-hybridized carbons (Fsp3) is 0.250. The molecule has 0 saturated heterocycles. The molecule has 0 fully saturated rings. The summed E-state index contributed by atoms with van der Waals surface area (Å²) in [4.78, 5) is 1.14. The lowest BCUT2D eigenvalue weighted by Gasteiger charge is -2.04. The van der Waals surface area contributed by atoms with Crippen molar-refractivity contribution in [2.24, 2.45) is 0 Å². The molecular formula is C16H18OS. The minimum absolute atomic E-state index is 0.645. The summed E-state index contributed by atoms with van der Waals surface area (Å²) in [5.41, 5.74) is 2.62. The van der Waals surface area contributed by atoms with Crippen molar-refractivity contribution in [3.63, 3.8) is 0 Å². The highest BCUT2D eigenvalue weighted by Crippen LogP contribution is 2.20. The SMILES string of the molecule is CCCc1ccc(COSc2ccccc2)cc1. The molecule has 94 valence electrons. The molecule has 0 bridgehead atoms. The molecule has 2 aromatic carbocycles. The second kappa shape index (κ2) is 7.24. The van der Waals surface area contributed by atoms with Gasteiger partial charge in [-0.2, -0.15) is 0 Å². The summed E-state index contributed by atoms with van der Waals surface area (Å²) in [6.07, 6.45) is 2.35. The van der Waals surface area contributed by atoms with Crippen LogP contribution in [-0.2, 0) is 17.2 Å². The van der Waals surface area contributed by atoms with Gasteiger partial charge in [0.2, 0.25) is 0 Å². The second-order valence-corrected chi connectivity index (χ2v) is 5.10. The predicted octanol–water partition coefficient (Wildman–Crippen LogP) is 4.86. The molecule has 0 N–H and O–H groups in total. The summed E-state index contributed by atoms with van der Waals surface area (Å²) in [6, 6.07) is 18.8. The second-order valence-electron chi connectivity index (χ2n) is 4.23. The van der Waals surface area contributed by atoms with Crippen LogP contribution in [-0.4, -0.2) is 0 Å². The fourth-order valence-corrected chi connectivity index (χ4v) is 2.33. The molecule has 2 rings (SSSR count). The molecule has 18 heavy (non-hydrogen) atoms. The van der Waals surface area contributed by atoms with E-state index in [4.69, 9.17) is 4.18 Å². The Hall–Kier alpha value is -1.25. The highest BCUT2D eigenvalue weighted by atomic mass is 32.2. The first-order valence-electron chi connectivity index (χ1n) is 6.31. The van der Waals surface area contributed by atoms with Crippen LogP contribution in [0.3, 0.4) is 0 Å². The van der Waals surface area contributed by atoms with E-state index in [9.17, 15) is 0 Å². The Bertz CT molecular complexity index is 450. The molecule has 0 aliphatic heterocycles. The first-order valence-corrected chi connectivity index (χ1v) is 7.05. The van der Waals surface area contributed by atoms with Gasteiger partial charge in [-0.25, -0.2) is 0 Å². The molecule has 0 atom stereocenters. The molecule has 0 amide bonds. The quantitative estimate of drug-likeness (QED) is 0.684. The Balaban J connectivity index is 1.80. The van der Waals surface area contributed by atoms with Crippen LogP contribution in [0.15, 0.2) is 59.5 Å². The Morgan fingerprint density at radius 3 is 2.22 bits per heavy atom. The molecule has 0 saturated carbocycles. The van der Waals surface area contributed by atoms with Crippen molar-refractivity contribution in [2.45, 2.75) is 31.3 Å². The number of hydrogen-bond donors (Lipinski definition) is 0. The van der Waals surface area contributed by atoms with Crippen LogP contribution >= 0.6 is 12.0 Å². The molecule has 0 spiro atoms.